The van der Waals surface area contributed by atoms with Gasteiger partial charge in [0.2, 0.25) is 5.95 Å². The number of aromatic nitrogens is 2. The number of ether oxygens (including phenoxy) is 1. The summed E-state index contributed by atoms with van der Waals surface area (Å²) in [5.74, 6) is 1.54. The Morgan fingerprint density at radius 2 is 1.89 bits per heavy atom. The molecular formula is C22H22N4O. The van der Waals surface area contributed by atoms with E-state index in [1.165, 1.54) is 0 Å². The Morgan fingerprint density at radius 3 is 2.74 bits per heavy atom. The smallest absolute Gasteiger partial charge is 0.224 e. The fourth-order valence-electron chi connectivity index (χ4n) is 3.15. The summed E-state index contributed by atoms with van der Waals surface area (Å²) >= 11 is 0. The highest BCUT2D eigenvalue weighted by molar-refractivity contribution is 6.02. The van der Waals surface area contributed by atoms with Gasteiger partial charge in [-0.05, 0) is 35.4 Å². The zero-order valence-corrected chi connectivity index (χ0v) is 15.5. The summed E-state index contributed by atoms with van der Waals surface area (Å²) in [6, 6.07) is 20.4. The summed E-state index contributed by atoms with van der Waals surface area (Å²) in [4.78, 5) is 4.58. The number of nitrogens with zero attached hydrogens (tertiary/aromatic N) is 3. The standard InChI is InChI=1S/C22H22N4O/c1-3-14-27-21-13-12-16-8-4-5-9-17(16)18(21)15-23-25-22-24-19-10-6-7-11-20(19)26(22)2/h4-13,15H,3,14H2,1-2H3,(H,24,25)/b23-15-. The van der Waals surface area contributed by atoms with E-state index in [0.717, 1.165) is 39.5 Å². The Labute approximate surface area is 158 Å². The molecule has 4 aromatic rings. The van der Waals surface area contributed by atoms with Crippen LogP contribution in [0.3, 0.4) is 0 Å². The number of rotatable bonds is 6. The highest BCUT2D eigenvalue weighted by Crippen LogP contribution is 2.27. The van der Waals surface area contributed by atoms with Gasteiger partial charge in [-0.25, -0.2) is 10.4 Å². The third-order valence-electron chi connectivity index (χ3n) is 4.54. The normalized spacial score (nSPS) is 11.5. The molecular weight excluding hydrogens is 336 g/mol. The molecule has 4 rings (SSSR count). The summed E-state index contributed by atoms with van der Waals surface area (Å²) in [6.45, 7) is 2.78. The minimum Gasteiger partial charge on any atom is -0.493 e. The quantitative estimate of drug-likeness (QED) is 0.391. The monoisotopic (exact) mass is 358 g/mol. The van der Waals surface area contributed by atoms with Crippen molar-refractivity contribution in [3.63, 3.8) is 0 Å². The molecule has 0 aliphatic carbocycles. The Bertz CT molecular complexity index is 1110. The van der Waals surface area contributed by atoms with Crippen LogP contribution in [0.4, 0.5) is 5.95 Å². The van der Waals surface area contributed by atoms with Crippen molar-refractivity contribution in [1.29, 1.82) is 0 Å². The zero-order valence-electron chi connectivity index (χ0n) is 15.5. The number of nitrogens with one attached hydrogen (secondary N) is 1. The molecule has 5 heteroatoms. The molecule has 5 nitrogen and oxygen atoms in total. The molecule has 1 N–H and O–H groups in total. The SMILES string of the molecule is CCCOc1ccc2ccccc2c1/C=N\Nc1nc2ccccc2n1C. The first-order valence-corrected chi connectivity index (χ1v) is 9.13. The lowest BCUT2D eigenvalue weighted by Crippen LogP contribution is -2.02. The minimum absolute atomic E-state index is 0.678. The van der Waals surface area contributed by atoms with E-state index in [1.807, 2.05) is 60.3 Å². The molecule has 0 saturated heterocycles. The maximum atomic E-state index is 5.93. The summed E-state index contributed by atoms with van der Waals surface area (Å²) in [6.07, 6.45) is 2.77. The lowest BCUT2D eigenvalue weighted by Gasteiger charge is -2.11. The topological polar surface area (TPSA) is 51.4 Å². The molecule has 0 amide bonds. The van der Waals surface area contributed by atoms with Gasteiger partial charge in [0.25, 0.3) is 0 Å². The predicted octanol–water partition coefficient (Wildman–Crippen LogP) is 4.96. The van der Waals surface area contributed by atoms with Gasteiger partial charge in [-0.1, -0.05) is 49.4 Å². The molecule has 27 heavy (non-hydrogen) atoms. The van der Waals surface area contributed by atoms with Gasteiger partial charge in [-0.3, -0.25) is 0 Å². The van der Waals surface area contributed by atoms with Crippen LogP contribution in [0.15, 0.2) is 65.8 Å². The fraction of sp³-hybridized carbons (Fsp3) is 0.182. The van der Waals surface area contributed by atoms with E-state index in [1.54, 1.807) is 0 Å². The van der Waals surface area contributed by atoms with Gasteiger partial charge in [-0.15, -0.1) is 0 Å². The van der Waals surface area contributed by atoms with Gasteiger partial charge < -0.3 is 9.30 Å². The Kier molecular flexibility index (Phi) is 4.75. The highest BCUT2D eigenvalue weighted by Gasteiger charge is 2.08. The lowest BCUT2D eigenvalue weighted by molar-refractivity contribution is 0.317. The van der Waals surface area contributed by atoms with Crippen molar-refractivity contribution in [3.8, 4) is 5.75 Å². The molecule has 0 radical (unpaired) electrons. The molecule has 1 aromatic heterocycles. The number of benzene rings is 3. The first-order chi connectivity index (χ1) is 13.3. The first kappa shape index (κ1) is 17.1. The van der Waals surface area contributed by atoms with E-state index in [2.05, 4.69) is 40.6 Å². The van der Waals surface area contributed by atoms with Crippen LogP contribution in [0.25, 0.3) is 21.8 Å². The Hall–Kier alpha value is -3.34. The Morgan fingerprint density at radius 1 is 1.07 bits per heavy atom. The molecule has 0 aliphatic rings. The third kappa shape index (κ3) is 3.36. The van der Waals surface area contributed by atoms with Crippen LogP contribution < -0.4 is 10.2 Å². The van der Waals surface area contributed by atoms with E-state index in [9.17, 15) is 0 Å². The molecule has 136 valence electrons. The number of aryl methyl sites for hydroxylation is 1. The molecule has 0 saturated carbocycles. The van der Waals surface area contributed by atoms with Gasteiger partial charge in [0.1, 0.15) is 5.75 Å². The average molecular weight is 358 g/mol. The van der Waals surface area contributed by atoms with Gasteiger partial charge in [0, 0.05) is 12.6 Å². The van der Waals surface area contributed by atoms with Gasteiger partial charge in [0.15, 0.2) is 0 Å². The predicted molar refractivity (Wildman–Crippen MR) is 112 cm³/mol. The second-order valence-corrected chi connectivity index (χ2v) is 6.40. The van der Waals surface area contributed by atoms with Crippen molar-refractivity contribution in [2.75, 3.05) is 12.0 Å². The number of anilines is 1. The first-order valence-electron chi connectivity index (χ1n) is 9.13. The van der Waals surface area contributed by atoms with Gasteiger partial charge >= 0.3 is 0 Å². The van der Waals surface area contributed by atoms with E-state index < -0.39 is 0 Å². The van der Waals surface area contributed by atoms with Crippen molar-refractivity contribution in [2.24, 2.45) is 12.1 Å². The molecule has 0 aliphatic heterocycles. The fourth-order valence-corrected chi connectivity index (χ4v) is 3.15. The second-order valence-electron chi connectivity index (χ2n) is 6.40. The maximum absolute atomic E-state index is 5.93. The minimum atomic E-state index is 0.678. The van der Waals surface area contributed by atoms with E-state index in [0.29, 0.717) is 12.6 Å². The van der Waals surface area contributed by atoms with Crippen LogP contribution in [0, 0.1) is 0 Å². The average Bonchev–Trinajstić information content (AvgIpc) is 3.03. The highest BCUT2D eigenvalue weighted by atomic mass is 16.5. The summed E-state index contributed by atoms with van der Waals surface area (Å²) in [7, 11) is 1.97. The van der Waals surface area contributed by atoms with Crippen molar-refractivity contribution >= 4 is 34.0 Å². The molecule has 0 bridgehead atoms. The van der Waals surface area contributed by atoms with E-state index >= 15 is 0 Å². The molecule has 3 aromatic carbocycles. The zero-order chi connectivity index (χ0) is 18.6. The maximum Gasteiger partial charge on any atom is 0.224 e. The number of para-hydroxylation sites is 2. The van der Waals surface area contributed by atoms with Crippen LogP contribution >= 0.6 is 0 Å². The lowest BCUT2D eigenvalue weighted by atomic mass is 10.0. The largest absolute Gasteiger partial charge is 0.493 e. The van der Waals surface area contributed by atoms with Crippen LogP contribution in [0.1, 0.15) is 18.9 Å². The van der Waals surface area contributed by atoms with Gasteiger partial charge in [0.05, 0.1) is 23.9 Å². The number of fused-ring (bicyclic) bond motifs is 2. The van der Waals surface area contributed by atoms with E-state index in [-0.39, 0.29) is 0 Å². The summed E-state index contributed by atoms with van der Waals surface area (Å²) in [5, 5.41) is 6.72. The van der Waals surface area contributed by atoms with E-state index in [4.69, 9.17) is 4.74 Å². The number of imidazole rings is 1. The summed E-state index contributed by atoms with van der Waals surface area (Å²) in [5.41, 5.74) is 6.03. The van der Waals surface area contributed by atoms with Crippen LogP contribution in [0.5, 0.6) is 5.75 Å². The van der Waals surface area contributed by atoms with Crippen molar-refractivity contribution in [3.05, 3.63) is 66.2 Å². The Balaban J connectivity index is 1.67. The van der Waals surface area contributed by atoms with Crippen LogP contribution in [0.2, 0.25) is 0 Å². The van der Waals surface area contributed by atoms with Crippen LogP contribution in [-0.2, 0) is 7.05 Å². The molecule has 0 atom stereocenters. The number of hydrogen-bond acceptors (Lipinski definition) is 4. The molecule has 0 spiro atoms. The molecule has 0 unspecified atom stereocenters. The molecule has 1 heterocycles. The van der Waals surface area contributed by atoms with Crippen molar-refractivity contribution < 1.29 is 4.74 Å². The number of hydrazone groups is 1. The number of hydrogen-bond donors (Lipinski definition) is 1. The van der Waals surface area contributed by atoms with Crippen molar-refractivity contribution in [2.45, 2.75) is 13.3 Å². The third-order valence-corrected chi connectivity index (χ3v) is 4.54. The second kappa shape index (κ2) is 7.50. The van der Waals surface area contributed by atoms with Crippen LogP contribution in [-0.4, -0.2) is 22.4 Å². The summed E-state index contributed by atoms with van der Waals surface area (Å²) < 4.78 is 7.92. The molecule has 0 fully saturated rings. The van der Waals surface area contributed by atoms with Gasteiger partial charge in [-0.2, -0.15) is 5.10 Å². The van der Waals surface area contributed by atoms with Crippen molar-refractivity contribution in [1.82, 2.24) is 9.55 Å².